The Balaban J connectivity index is 1.88. The zero-order chi connectivity index (χ0) is 25.5. The largest absolute Gasteiger partial charge is 0.416 e. The van der Waals surface area contributed by atoms with E-state index in [9.17, 15) is 35.9 Å². The van der Waals surface area contributed by atoms with E-state index in [1.807, 2.05) is 12.2 Å². The van der Waals surface area contributed by atoms with Gasteiger partial charge in [-0.25, -0.2) is 4.79 Å². The molecule has 4 nitrogen and oxygen atoms in total. The van der Waals surface area contributed by atoms with E-state index in [1.54, 1.807) is 42.5 Å². The molecule has 0 saturated heterocycles. The Morgan fingerprint density at radius 3 is 1.89 bits per heavy atom. The van der Waals surface area contributed by atoms with Crippen molar-refractivity contribution in [3.8, 4) is 11.1 Å². The quantitative estimate of drug-likeness (QED) is 0.312. The van der Waals surface area contributed by atoms with Gasteiger partial charge in [0.1, 0.15) is 0 Å². The number of hydrogen-bond acceptors (Lipinski definition) is 3. The van der Waals surface area contributed by atoms with Gasteiger partial charge in [-0.3, -0.25) is 4.79 Å². The van der Waals surface area contributed by atoms with Crippen LogP contribution in [0.4, 0.5) is 32.0 Å². The Bertz CT molecular complexity index is 1450. The van der Waals surface area contributed by atoms with Crippen molar-refractivity contribution in [2.24, 2.45) is 0 Å². The molecule has 0 radical (unpaired) electrons. The monoisotopic (exact) mass is 491 g/mol. The Morgan fingerprint density at radius 2 is 1.34 bits per heavy atom. The number of benzene rings is 3. The molecule has 1 N–H and O–H groups in total. The van der Waals surface area contributed by atoms with Crippen LogP contribution < -0.4 is 10.9 Å². The smallest absolute Gasteiger partial charge is 0.416 e. The second-order valence-electron chi connectivity index (χ2n) is 7.75. The van der Waals surface area contributed by atoms with Crippen LogP contribution in [-0.4, -0.2) is 5.91 Å². The number of carbonyl (C=O) groups excluding carboxylic acids is 1. The van der Waals surface area contributed by atoms with E-state index in [0.717, 1.165) is 5.56 Å². The Morgan fingerprint density at radius 1 is 0.800 bits per heavy atom. The summed E-state index contributed by atoms with van der Waals surface area (Å²) in [6.07, 6.45) is -10.2. The Kier molecular flexibility index (Phi) is 5.92. The van der Waals surface area contributed by atoms with E-state index in [4.69, 9.17) is 4.42 Å². The molecule has 35 heavy (non-hydrogen) atoms. The molecular weight excluding hydrogens is 476 g/mol. The van der Waals surface area contributed by atoms with E-state index in [0.29, 0.717) is 23.1 Å². The molecule has 4 aromatic rings. The number of fused-ring (bicyclic) bond motifs is 1. The molecule has 0 unspecified atom stereocenters. The first kappa shape index (κ1) is 24.1. The summed E-state index contributed by atoms with van der Waals surface area (Å²) in [4.78, 5) is 25.6. The number of rotatable bonds is 3. The number of amides is 1. The molecule has 1 aromatic heterocycles. The summed E-state index contributed by atoms with van der Waals surface area (Å²) in [6.45, 7) is 1.83. The van der Waals surface area contributed by atoms with Gasteiger partial charge in [0.2, 0.25) is 5.76 Å². The average molecular weight is 491 g/mol. The van der Waals surface area contributed by atoms with Crippen LogP contribution in [0.2, 0.25) is 0 Å². The lowest BCUT2D eigenvalue weighted by atomic mass is 9.97. The maximum Gasteiger partial charge on any atom is 0.416 e. The van der Waals surface area contributed by atoms with Crippen LogP contribution in [0.25, 0.3) is 21.9 Å². The highest BCUT2D eigenvalue weighted by atomic mass is 19.4. The fourth-order valence-electron chi connectivity index (χ4n) is 3.58. The van der Waals surface area contributed by atoms with Gasteiger partial charge in [-0.05, 0) is 36.8 Å². The SMILES string of the molecule is Cc1ccc(-c2c(C(=O)Nc3cc(C(F)(F)F)cc(C(F)(F)F)c3)oc(=O)c3ccccc23)cc1. The summed E-state index contributed by atoms with van der Waals surface area (Å²) in [7, 11) is 0. The van der Waals surface area contributed by atoms with Crippen LogP contribution in [0.1, 0.15) is 27.2 Å². The third-order valence-electron chi connectivity index (χ3n) is 5.23. The highest BCUT2D eigenvalue weighted by Crippen LogP contribution is 2.38. The molecule has 3 aromatic carbocycles. The van der Waals surface area contributed by atoms with Crippen LogP contribution >= 0.6 is 0 Å². The van der Waals surface area contributed by atoms with Crippen molar-refractivity contribution in [3.63, 3.8) is 0 Å². The van der Waals surface area contributed by atoms with Gasteiger partial charge in [-0.2, -0.15) is 26.3 Å². The van der Waals surface area contributed by atoms with Crippen molar-refractivity contribution in [3.05, 3.63) is 99.6 Å². The zero-order valence-corrected chi connectivity index (χ0v) is 17.8. The number of halogens is 6. The molecule has 0 atom stereocenters. The molecule has 1 heterocycles. The van der Waals surface area contributed by atoms with Gasteiger partial charge in [0, 0.05) is 16.6 Å². The molecule has 0 aliphatic carbocycles. The van der Waals surface area contributed by atoms with Crippen molar-refractivity contribution < 1.29 is 35.6 Å². The van der Waals surface area contributed by atoms with E-state index < -0.39 is 46.5 Å². The van der Waals surface area contributed by atoms with Gasteiger partial charge in [0.25, 0.3) is 5.91 Å². The minimum Gasteiger partial charge on any atom is -0.416 e. The van der Waals surface area contributed by atoms with Crippen molar-refractivity contribution in [2.45, 2.75) is 19.3 Å². The van der Waals surface area contributed by atoms with E-state index in [-0.39, 0.29) is 17.0 Å². The minimum atomic E-state index is -5.09. The minimum absolute atomic E-state index is 0.0520. The predicted octanol–water partition coefficient (Wildman–Crippen LogP) is 7.06. The molecule has 0 bridgehead atoms. The number of aryl methyl sites for hydroxylation is 1. The first-order valence-corrected chi connectivity index (χ1v) is 10.1. The normalized spacial score (nSPS) is 12.1. The summed E-state index contributed by atoms with van der Waals surface area (Å²) >= 11 is 0. The maximum atomic E-state index is 13.2. The first-order chi connectivity index (χ1) is 16.3. The number of hydrogen-bond donors (Lipinski definition) is 1. The molecule has 10 heteroatoms. The Hall–Kier alpha value is -4.08. The third-order valence-corrected chi connectivity index (χ3v) is 5.23. The van der Waals surface area contributed by atoms with E-state index in [2.05, 4.69) is 0 Å². The van der Waals surface area contributed by atoms with Crippen molar-refractivity contribution in [1.29, 1.82) is 0 Å². The molecule has 0 spiro atoms. The fourth-order valence-corrected chi connectivity index (χ4v) is 3.58. The topological polar surface area (TPSA) is 59.3 Å². The van der Waals surface area contributed by atoms with Crippen LogP contribution in [0.15, 0.2) is 75.9 Å². The summed E-state index contributed by atoms with van der Waals surface area (Å²) < 4.78 is 84.4. The predicted molar refractivity (Wildman–Crippen MR) is 117 cm³/mol. The number of alkyl halides is 6. The van der Waals surface area contributed by atoms with Gasteiger partial charge in [-0.15, -0.1) is 0 Å². The third kappa shape index (κ3) is 4.91. The number of nitrogens with one attached hydrogen (secondary N) is 1. The van der Waals surface area contributed by atoms with Crippen molar-refractivity contribution in [2.75, 3.05) is 5.32 Å². The maximum absolute atomic E-state index is 13.2. The van der Waals surface area contributed by atoms with Crippen LogP contribution in [0.3, 0.4) is 0 Å². The molecule has 1 amide bonds. The molecule has 4 rings (SSSR count). The number of carbonyl (C=O) groups is 1. The zero-order valence-electron chi connectivity index (χ0n) is 17.8. The van der Waals surface area contributed by atoms with Gasteiger partial charge in [-0.1, -0.05) is 48.0 Å². The van der Waals surface area contributed by atoms with E-state index in [1.165, 1.54) is 6.07 Å². The molecule has 0 fully saturated rings. The van der Waals surface area contributed by atoms with Crippen LogP contribution in [0, 0.1) is 6.92 Å². The summed E-state index contributed by atoms with van der Waals surface area (Å²) in [5.74, 6) is -1.74. The lowest BCUT2D eigenvalue weighted by Crippen LogP contribution is -2.18. The Labute approximate surface area is 193 Å². The molecule has 180 valence electrons. The second-order valence-corrected chi connectivity index (χ2v) is 7.75. The first-order valence-electron chi connectivity index (χ1n) is 10.1. The molecule has 0 saturated carbocycles. The lowest BCUT2D eigenvalue weighted by molar-refractivity contribution is -0.143. The van der Waals surface area contributed by atoms with Crippen molar-refractivity contribution >= 4 is 22.4 Å². The van der Waals surface area contributed by atoms with Gasteiger partial charge >= 0.3 is 18.0 Å². The highest BCUT2D eigenvalue weighted by Gasteiger charge is 2.37. The average Bonchev–Trinajstić information content (AvgIpc) is 2.78. The van der Waals surface area contributed by atoms with Crippen molar-refractivity contribution in [1.82, 2.24) is 0 Å². The van der Waals surface area contributed by atoms with Gasteiger partial charge < -0.3 is 9.73 Å². The lowest BCUT2D eigenvalue weighted by Gasteiger charge is -2.16. The highest BCUT2D eigenvalue weighted by molar-refractivity contribution is 6.11. The van der Waals surface area contributed by atoms with Crippen LogP contribution in [0.5, 0.6) is 0 Å². The van der Waals surface area contributed by atoms with Gasteiger partial charge in [0.05, 0.1) is 16.5 Å². The summed E-state index contributed by atoms with van der Waals surface area (Å²) in [5, 5.41) is 2.51. The molecule has 0 aliphatic heterocycles. The number of anilines is 1. The summed E-state index contributed by atoms with van der Waals surface area (Å²) in [5.41, 5.74) is -3.32. The van der Waals surface area contributed by atoms with Crippen LogP contribution in [-0.2, 0) is 12.4 Å². The molecule has 0 aliphatic rings. The molecular formula is C25H15F6NO3. The summed E-state index contributed by atoms with van der Waals surface area (Å²) in [6, 6.07) is 13.7. The standard InChI is InChI=1S/C25H15F6NO3/c1-13-6-8-14(9-7-13)20-18-4-2-3-5-19(18)23(34)35-21(20)22(33)32-17-11-15(24(26,27)28)10-16(12-17)25(29,30)31/h2-12H,1H3,(H,32,33). The van der Waals surface area contributed by atoms with Gasteiger partial charge in [0.15, 0.2) is 0 Å². The fraction of sp³-hybridized carbons (Fsp3) is 0.120. The van der Waals surface area contributed by atoms with E-state index >= 15 is 0 Å². The second kappa shape index (κ2) is 8.61.